The lowest BCUT2D eigenvalue weighted by Crippen LogP contribution is -3.12. The molecule has 2 aromatic carbocycles. The third-order valence-corrected chi connectivity index (χ3v) is 4.17. The number of amides is 1. The van der Waals surface area contributed by atoms with Crippen molar-refractivity contribution in [2.24, 2.45) is 0 Å². The van der Waals surface area contributed by atoms with Crippen molar-refractivity contribution in [1.82, 2.24) is 0 Å². The van der Waals surface area contributed by atoms with Gasteiger partial charge in [-0.2, -0.15) is 0 Å². The van der Waals surface area contributed by atoms with Crippen LogP contribution in [0.3, 0.4) is 0 Å². The van der Waals surface area contributed by atoms with Crippen LogP contribution in [0.2, 0.25) is 0 Å². The number of ether oxygens (including phenoxy) is 2. The van der Waals surface area contributed by atoms with Gasteiger partial charge in [0.1, 0.15) is 12.4 Å². The zero-order chi connectivity index (χ0) is 17.1. The van der Waals surface area contributed by atoms with Crippen molar-refractivity contribution in [3.63, 3.8) is 0 Å². The minimum absolute atomic E-state index is 0.0894. The molecule has 1 heterocycles. The molecule has 3 rings (SSSR count). The van der Waals surface area contributed by atoms with Gasteiger partial charge in [-0.15, -0.1) is 0 Å². The Labute approximate surface area is 140 Å². The van der Waals surface area contributed by atoms with Crippen LogP contribution in [0.4, 0.5) is 10.1 Å². The van der Waals surface area contributed by atoms with Crippen LogP contribution in [-0.2, 0) is 11.3 Å². The summed E-state index contributed by atoms with van der Waals surface area (Å²) in [6.45, 7) is 2.70. The molecular formula is C18H20FN2O3+. The highest BCUT2D eigenvalue weighted by molar-refractivity contribution is 5.93. The van der Waals surface area contributed by atoms with Crippen LogP contribution in [0, 0.1) is 5.82 Å². The number of carbonyl (C=O) groups is 1. The molecule has 126 valence electrons. The van der Waals surface area contributed by atoms with E-state index in [1.807, 2.05) is 14.0 Å². The van der Waals surface area contributed by atoms with Gasteiger partial charge in [-0.1, -0.05) is 12.1 Å². The number of hydrogen-bond donors (Lipinski definition) is 2. The van der Waals surface area contributed by atoms with Gasteiger partial charge in [0, 0.05) is 17.3 Å². The molecule has 1 unspecified atom stereocenters. The van der Waals surface area contributed by atoms with E-state index in [9.17, 15) is 9.18 Å². The number of nitrogens with one attached hydrogen (secondary N) is 2. The van der Waals surface area contributed by atoms with Crippen molar-refractivity contribution in [1.29, 1.82) is 0 Å². The Kier molecular flexibility index (Phi) is 4.66. The summed E-state index contributed by atoms with van der Waals surface area (Å²) in [5, 5.41) is 2.89. The SMILES string of the molecule is C[C@H](C(=O)Nc1ccc2c(c1)OCO2)[NH+](C)Cc1ccc(F)cc1. The maximum atomic E-state index is 13.0. The highest BCUT2D eigenvalue weighted by Crippen LogP contribution is 2.34. The van der Waals surface area contributed by atoms with Crippen LogP contribution in [0.15, 0.2) is 42.5 Å². The second-order valence-corrected chi connectivity index (χ2v) is 5.93. The maximum absolute atomic E-state index is 13.0. The van der Waals surface area contributed by atoms with Crippen molar-refractivity contribution in [2.45, 2.75) is 19.5 Å². The minimum atomic E-state index is -0.263. The fourth-order valence-electron chi connectivity index (χ4n) is 2.53. The molecule has 1 amide bonds. The van der Waals surface area contributed by atoms with Crippen LogP contribution in [0.1, 0.15) is 12.5 Å². The molecule has 0 radical (unpaired) electrons. The van der Waals surface area contributed by atoms with E-state index in [-0.39, 0.29) is 24.6 Å². The number of quaternary nitrogens is 1. The summed E-state index contributed by atoms with van der Waals surface area (Å²) in [7, 11) is 1.94. The van der Waals surface area contributed by atoms with E-state index in [1.54, 1.807) is 30.3 Å². The Bertz CT molecular complexity index is 734. The Hall–Kier alpha value is -2.60. The number of benzene rings is 2. The van der Waals surface area contributed by atoms with Crippen molar-refractivity contribution in [3.05, 3.63) is 53.8 Å². The summed E-state index contributed by atoms with van der Waals surface area (Å²) in [6, 6.07) is 11.4. The van der Waals surface area contributed by atoms with Gasteiger partial charge in [-0.25, -0.2) is 4.39 Å². The predicted octanol–water partition coefficient (Wildman–Crippen LogP) is 1.60. The van der Waals surface area contributed by atoms with E-state index in [0.29, 0.717) is 23.7 Å². The average Bonchev–Trinajstić information content (AvgIpc) is 3.03. The normalized spacial score (nSPS) is 15.0. The predicted molar refractivity (Wildman–Crippen MR) is 87.6 cm³/mol. The lowest BCUT2D eigenvalue weighted by Gasteiger charge is -2.21. The van der Waals surface area contributed by atoms with E-state index in [0.717, 1.165) is 10.5 Å². The van der Waals surface area contributed by atoms with Crippen molar-refractivity contribution in [3.8, 4) is 11.5 Å². The van der Waals surface area contributed by atoms with Crippen molar-refractivity contribution >= 4 is 11.6 Å². The molecular weight excluding hydrogens is 311 g/mol. The van der Waals surface area contributed by atoms with Crippen LogP contribution in [0.25, 0.3) is 0 Å². The van der Waals surface area contributed by atoms with Gasteiger partial charge in [-0.3, -0.25) is 4.79 Å². The fraction of sp³-hybridized carbons (Fsp3) is 0.278. The Balaban J connectivity index is 1.60. The molecule has 0 saturated heterocycles. The van der Waals surface area contributed by atoms with Gasteiger partial charge in [-0.05, 0) is 31.2 Å². The number of halogens is 1. The van der Waals surface area contributed by atoms with Crippen molar-refractivity contribution in [2.75, 3.05) is 19.2 Å². The van der Waals surface area contributed by atoms with Gasteiger partial charge in [0.05, 0.1) is 7.05 Å². The number of hydrogen-bond acceptors (Lipinski definition) is 3. The van der Waals surface area contributed by atoms with E-state index in [4.69, 9.17) is 9.47 Å². The summed E-state index contributed by atoms with van der Waals surface area (Å²) in [6.07, 6.45) is 0. The number of carbonyl (C=O) groups excluding carboxylic acids is 1. The van der Waals surface area contributed by atoms with Gasteiger partial charge in [0.2, 0.25) is 6.79 Å². The zero-order valence-corrected chi connectivity index (χ0v) is 13.6. The first-order valence-corrected chi connectivity index (χ1v) is 7.80. The average molecular weight is 331 g/mol. The second kappa shape index (κ2) is 6.88. The first kappa shape index (κ1) is 16.3. The van der Waals surface area contributed by atoms with E-state index in [1.165, 1.54) is 12.1 Å². The molecule has 1 aliphatic rings. The summed E-state index contributed by atoms with van der Waals surface area (Å²) in [4.78, 5) is 13.4. The smallest absolute Gasteiger partial charge is 0.282 e. The Morgan fingerprint density at radius 3 is 2.67 bits per heavy atom. The summed E-state index contributed by atoms with van der Waals surface area (Å²) < 4.78 is 23.5. The van der Waals surface area contributed by atoms with E-state index in [2.05, 4.69) is 5.32 Å². The monoisotopic (exact) mass is 331 g/mol. The Morgan fingerprint density at radius 1 is 1.21 bits per heavy atom. The molecule has 1 aliphatic heterocycles. The molecule has 2 N–H and O–H groups in total. The number of likely N-dealkylation sites (N-methyl/N-ethyl adjacent to an activating group) is 1. The first-order valence-electron chi connectivity index (χ1n) is 7.80. The molecule has 2 atom stereocenters. The quantitative estimate of drug-likeness (QED) is 0.875. The fourth-order valence-corrected chi connectivity index (χ4v) is 2.53. The molecule has 0 spiro atoms. The molecule has 0 aromatic heterocycles. The standard InChI is InChI=1S/C18H19FN2O3/c1-12(21(2)10-13-3-5-14(19)6-4-13)18(22)20-15-7-8-16-17(9-15)24-11-23-16/h3-9,12H,10-11H2,1-2H3,(H,20,22)/p+1/t12-/m1/s1. The number of fused-ring (bicyclic) bond motifs is 1. The summed E-state index contributed by atoms with van der Waals surface area (Å²) in [5.41, 5.74) is 1.65. The molecule has 5 nitrogen and oxygen atoms in total. The van der Waals surface area contributed by atoms with Gasteiger partial charge < -0.3 is 19.7 Å². The lowest BCUT2D eigenvalue weighted by molar-refractivity contribution is -0.907. The maximum Gasteiger partial charge on any atom is 0.282 e. The van der Waals surface area contributed by atoms with Crippen LogP contribution in [-0.4, -0.2) is 25.8 Å². The van der Waals surface area contributed by atoms with Gasteiger partial charge >= 0.3 is 0 Å². The third-order valence-electron chi connectivity index (χ3n) is 4.17. The highest BCUT2D eigenvalue weighted by Gasteiger charge is 2.23. The van der Waals surface area contributed by atoms with E-state index >= 15 is 0 Å². The molecule has 2 aromatic rings. The zero-order valence-electron chi connectivity index (χ0n) is 13.6. The highest BCUT2D eigenvalue weighted by atomic mass is 19.1. The van der Waals surface area contributed by atoms with Crippen LogP contribution in [0.5, 0.6) is 11.5 Å². The lowest BCUT2D eigenvalue weighted by atomic mass is 10.2. The van der Waals surface area contributed by atoms with Crippen LogP contribution < -0.4 is 19.7 Å². The van der Waals surface area contributed by atoms with Gasteiger partial charge in [0.15, 0.2) is 17.5 Å². The number of rotatable bonds is 5. The largest absolute Gasteiger partial charge is 0.454 e. The third kappa shape index (κ3) is 3.65. The molecule has 6 heteroatoms. The number of anilines is 1. The summed E-state index contributed by atoms with van der Waals surface area (Å²) >= 11 is 0. The van der Waals surface area contributed by atoms with Gasteiger partial charge in [0.25, 0.3) is 5.91 Å². The molecule has 0 aliphatic carbocycles. The topological polar surface area (TPSA) is 52.0 Å². The van der Waals surface area contributed by atoms with E-state index < -0.39 is 0 Å². The summed E-state index contributed by atoms with van der Waals surface area (Å²) in [5.74, 6) is 0.964. The first-order chi connectivity index (χ1) is 11.5. The molecule has 24 heavy (non-hydrogen) atoms. The molecule has 0 saturated carbocycles. The van der Waals surface area contributed by atoms with Crippen LogP contribution >= 0.6 is 0 Å². The minimum Gasteiger partial charge on any atom is -0.454 e. The molecule has 0 bridgehead atoms. The Morgan fingerprint density at radius 2 is 1.92 bits per heavy atom. The van der Waals surface area contributed by atoms with Crippen molar-refractivity contribution < 1.29 is 23.6 Å². The second-order valence-electron chi connectivity index (χ2n) is 5.93. The molecule has 0 fully saturated rings.